The summed E-state index contributed by atoms with van der Waals surface area (Å²) >= 11 is 0. The molecule has 1 aromatic carbocycles. The minimum Gasteiger partial charge on any atom is -0.398 e. The maximum atomic E-state index is 12.5. The van der Waals surface area contributed by atoms with Crippen LogP contribution in [0.4, 0.5) is 5.69 Å². The van der Waals surface area contributed by atoms with Gasteiger partial charge < -0.3 is 10.6 Å². The van der Waals surface area contributed by atoms with Gasteiger partial charge in [0.15, 0.2) is 0 Å². The van der Waals surface area contributed by atoms with E-state index in [1.54, 1.807) is 0 Å². The van der Waals surface area contributed by atoms with Crippen LogP contribution in [-0.4, -0.2) is 23.9 Å². The third kappa shape index (κ3) is 3.28. The number of aryl methyl sites for hydroxylation is 1. The highest BCUT2D eigenvalue weighted by molar-refractivity contribution is 5.99. The van der Waals surface area contributed by atoms with Crippen molar-refractivity contribution in [2.45, 2.75) is 39.5 Å². The molecule has 3 nitrogen and oxygen atoms in total. The summed E-state index contributed by atoms with van der Waals surface area (Å²) in [6.07, 6.45) is 4.68. The monoisotopic (exact) mass is 260 g/mol. The maximum Gasteiger partial charge on any atom is 0.255 e. The molecular formula is C16H24N2O. The molecule has 0 bridgehead atoms. The van der Waals surface area contributed by atoms with Crippen molar-refractivity contribution < 1.29 is 4.79 Å². The highest BCUT2D eigenvalue weighted by atomic mass is 16.2. The Balaban J connectivity index is 2.10. The number of carbonyl (C=O) groups is 1. The molecule has 2 rings (SSSR count). The number of anilines is 1. The van der Waals surface area contributed by atoms with Crippen molar-refractivity contribution in [3.05, 3.63) is 29.3 Å². The zero-order chi connectivity index (χ0) is 13.8. The number of amides is 1. The van der Waals surface area contributed by atoms with Gasteiger partial charge in [-0.2, -0.15) is 0 Å². The van der Waals surface area contributed by atoms with Gasteiger partial charge in [-0.15, -0.1) is 0 Å². The van der Waals surface area contributed by atoms with Crippen LogP contribution in [0.1, 0.15) is 48.5 Å². The summed E-state index contributed by atoms with van der Waals surface area (Å²) in [6.45, 7) is 5.95. The van der Waals surface area contributed by atoms with Crippen molar-refractivity contribution in [3.8, 4) is 0 Å². The molecule has 0 spiro atoms. The number of hydrogen-bond acceptors (Lipinski definition) is 2. The predicted molar refractivity (Wildman–Crippen MR) is 79.1 cm³/mol. The second kappa shape index (κ2) is 6.09. The van der Waals surface area contributed by atoms with Gasteiger partial charge >= 0.3 is 0 Å². The molecule has 0 aromatic heterocycles. The molecule has 3 heteroatoms. The number of benzene rings is 1. The Morgan fingerprint density at radius 1 is 1.37 bits per heavy atom. The van der Waals surface area contributed by atoms with E-state index in [0.717, 1.165) is 37.4 Å². The van der Waals surface area contributed by atoms with Crippen molar-refractivity contribution >= 4 is 11.6 Å². The molecule has 1 heterocycles. The maximum absolute atomic E-state index is 12.5. The minimum atomic E-state index is 0.0919. The standard InChI is InChI=1S/C16H24N2O/c1-3-13-5-4-9-18(10-8-13)16(19)14-7-6-12(2)11-15(14)17/h6-7,11,13H,3-5,8-10,17H2,1-2H3. The molecule has 0 aliphatic carbocycles. The lowest BCUT2D eigenvalue weighted by molar-refractivity contribution is 0.0761. The predicted octanol–water partition coefficient (Wildman–Crippen LogP) is 3.23. The molecule has 0 radical (unpaired) electrons. The first-order valence-corrected chi connectivity index (χ1v) is 7.27. The van der Waals surface area contributed by atoms with Gasteiger partial charge in [0.05, 0.1) is 5.56 Å². The van der Waals surface area contributed by atoms with Crippen LogP contribution in [0.2, 0.25) is 0 Å². The van der Waals surface area contributed by atoms with Crippen molar-refractivity contribution in [1.29, 1.82) is 0 Å². The minimum absolute atomic E-state index is 0.0919. The Bertz CT molecular complexity index is 456. The van der Waals surface area contributed by atoms with Gasteiger partial charge in [-0.25, -0.2) is 0 Å². The zero-order valence-electron chi connectivity index (χ0n) is 12.0. The molecule has 2 N–H and O–H groups in total. The van der Waals surface area contributed by atoms with Gasteiger partial charge in [-0.1, -0.05) is 19.4 Å². The van der Waals surface area contributed by atoms with Crippen molar-refractivity contribution in [1.82, 2.24) is 4.90 Å². The van der Waals surface area contributed by atoms with Gasteiger partial charge in [0, 0.05) is 18.8 Å². The van der Waals surface area contributed by atoms with Crippen LogP contribution >= 0.6 is 0 Å². The first-order valence-electron chi connectivity index (χ1n) is 7.27. The number of likely N-dealkylation sites (tertiary alicyclic amines) is 1. The number of nitrogen functional groups attached to an aromatic ring is 1. The summed E-state index contributed by atoms with van der Waals surface area (Å²) in [5.74, 6) is 0.863. The largest absolute Gasteiger partial charge is 0.398 e. The van der Waals surface area contributed by atoms with Crippen LogP contribution in [0.15, 0.2) is 18.2 Å². The van der Waals surface area contributed by atoms with Crippen LogP contribution in [0.3, 0.4) is 0 Å². The van der Waals surface area contributed by atoms with Crippen LogP contribution in [0.5, 0.6) is 0 Å². The Hall–Kier alpha value is -1.51. The molecule has 1 aromatic rings. The lowest BCUT2D eigenvalue weighted by atomic mass is 9.98. The lowest BCUT2D eigenvalue weighted by Gasteiger charge is -2.21. The normalized spacial score (nSPS) is 20.1. The third-order valence-corrected chi connectivity index (χ3v) is 4.15. The number of rotatable bonds is 2. The van der Waals surface area contributed by atoms with E-state index < -0.39 is 0 Å². The Morgan fingerprint density at radius 2 is 2.16 bits per heavy atom. The van der Waals surface area contributed by atoms with Gasteiger partial charge in [0.25, 0.3) is 5.91 Å². The van der Waals surface area contributed by atoms with Crippen molar-refractivity contribution in [3.63, 3.8) is 0 Å². The zero-order valence-corrected chi connectivity index (χ0v) is 12.0. The molecule has 1 amide bonds. The highest BCUT2D eigenvalue weighted by Gasteiger charge is 2.22. The fourth-order valence-electron chi connectivity index (χ4n) is 2.82. The molecule has 1 unspecified atom stereocenters. The van der Waals surface area contributed by atoms with Crippen LogP contribution in [-0.2, 0) is 0 Å². The Morgan fingerprint density at radius 3 is 2.84 bits per heavy atom. The van der Waals surface area contributed by atoms with E-state index in [2.05, 4.69) is 6.92 Å². The molecule has 1 aliphatic rings. The van der Waals surface area contributed by atoms with Crippen molar-refractivity contribution in [2.75, 3.05) is 18.8 Å². The van der Waals surface area contributed by atoms with E-state index in [1.807, 2.05) is 30.0 Å². The Labute approximate surface area is 115 Å². The Kier molecular flexibility index (Phi) is 4.46. The molecule has 0 saturated carbocycles. The average Bonchev–Trinajstić information content (AvgIpc) is 2.63. The smallest absolute Gasteiger partial charge is 0.255 e. The molecule has 1 aliphatic heterocycles. The first kappa shape index (κ1) is 13.9. The molecule has 19 heavy (non-hydrogen) atoms. The number of carbonyl (C=O) groups excluding carboxylic acids is 1. The second-order valence-corrected chi connectivity index (χ2v) is 5.59. The van der Waals surface area contributed by atoms with Gasteiger partial charge in [0.1, 0.15) is 0 Å². The summed E-state index contributed by atoms with van der Waals surface area (Å²) in [7, 11) is 0. The molecule has 1 fully saturated rings. The van der Waals surface area contributed by atoms with E-state index in [4.69, 9.17) is 5.73 Å². The van der Waals surface area contributed by atoms with Gasteiger partial charge in [0.2, 0.25) is 0 Å². The molecule has 104 valence electrons. The lowest BCUT2D eigenvalue weighted by Crippen LogP contribution is -2.32. The van der Waals surface area contributed by atoms with Gasteiger partial charge in [-0.3, -0.25) is 4.79 Å². The van der Waals surface area contributed by atoms with E-state index in [0.29, 0.717) is 11.3 Å². The summed E-state index contributed by atoms with van der Waals surface area (Å²) < 4.78 is 0. The molecular weight excluding hydrogens is 236 g/mol. The second-order valence-electron chi connectivity index (χ2n) is 5.59. The molecule has 1 atom stereocenters. The number of hydrogen-bond donors (Lipinski definition) is 1. The first-order chi connectivity index (χ1) is 9.11. The SMILES string of the molecule is CCC1CCCN(C(=O)c2ccc(C)cc2N)CC1. The summed E-state index contributed by atoms with van der Waals surface area (Å²) in [5.41, 5.74) is 8.32. The highest BCUT2D eigenvalue weighted by Crippen LogP contribution is 2.23. The van der Waals surface area contributed by atoms with Gasteiger partial charge in [-0.05, 0) is 49.8 Å². The molecule has 1 saturated heterocycles. The number of nitrogens with two attached hydrogens (primary N) is 1. The van der Waals surface area contributed by atoms with E-state index in [-0.39, 0.29) is 5.91 Å². The van der Waals surface area contributed by atoms with E-state index >= 15 is 0 Å². The number of nitrogens with zero attached hydrogens (tertiary/aromatic N) is 1. The summed E-state index contributed by atoms with van der Waals surface area (Å²) in [6, 6.07) is 5.69. The van der Waals surface area contributed by atoms with Crippen molar-refractivity contribution in [2.24, 2.45) is 5.92 Å². The average molecular weight is 260 g/mol. The van der Waals surface area contributed by atoms with Crippen LogP contribution in [0, 0.1) is 12.8 Å². The summed E-state index contributed by atoms with van der Waals surface area (Å²) in [4.78, 5) is 14.5. The summed E-state index contributed by atoms with van der Waals surface area (Å²) in [5, 5.41) is 0. The van der Waals surface area contributed by atoms with Crippen LogP contribution < -0.4 is 5.73 Å². The fraction of sp³-hybridized carbons (Fsp3) is 0.562. The van der Waals surface area contributed by atoms with E-state index in [1.165, 1.54) is 12.8 Å². The van der Waals surface area contributed by atoms with E-state index in [9.17, 15) is 4.79 Å². The third-order valence-electron chi connectivity index (χ3n) is 4.15. The quantitative estimate of drug-likeness (QED) is 0.830. The topological polar surface area (TPSA) is 46.3 Å². The fourth-order valence-corrected chi connectivity index (χ4v) is 2.82. The van der Waals surface area contributed by atoms with Crippen LogP contribution in [0.25, 0.3) is 0 Å².